The number of carbonyl (C=O) groups is 1. The normalized spacial score (nSPS) is 23.3. The van der Waals surface area contributed by atoms with Crippen molar-refractivity contribution < 1.29 is 4.79 Å². The van der Waals surface area contributed by atoms with E-state index in [2.05, 4.69) is 34.5 Å². The maximum atomic E-state index is 12.3. The molecule has 2 heterocycles. The van der Waals surface area contributed by atoms with E-state index in [1.54, 1.807) is 0 Å². The number of nitrogens with one attached hydrogen (secondary N) is 2. The molecule has 3 rings (SSSR count). The second-order valence-corrected chi connectivity index (χ2v) is 9.73. The lowest BCUT2D eigenvalue weighted by Gasteiger charge is -2.35. The summed E-state index contributed by atoms with van der Waals surface area (Å²) < 4.78 is 0. The summed E-state index contributed by atoms with van der Waals surface area (Å²) in [6.45, 7) is 2.68. The maximum absolute atomic E-state index is 12.3. The highest BCUT2D eigenvalue weighted by Crippen LogP contribution is 2.32. The minimum absolute atomic E-state index is 0.0514. The van der Waals surface area contributed by atoms with E-state index in [-0.39, 0.29) is 11.6 Å². The molecule has 0 radical (unpaired) electrons. The van der Waals surface area contributed by atoms with Crippen molar-refractivity contribution in [1.29, 1.82) is 0 Å². The predicted octanol–water partition coefficient (Wildman–Crippen LogP) is 3.45. The third-order valence-electron chi connectivity index (χ3n) is 5.17. The lowest BCUT2D eigenvalue weighted by atomic mass is 9.97. The molecule has 8 heteroatoms. The van der Waals surface area contributed by atoms with E-state index in [1.165, 1.54) is 0 Å². The minimum Gasteiger partial charge on any atom is -0.369 e. The summed E-state index contributed by atoms with van der Waals surface area (Å²) in [5, 5.41) is 6.63. The summed E-state index contributed by atoms with van der Waals surface area (Å²) in [6, 6.07) is 5.59. The van der Waals surface area contributed by atoms with Crippen molar-refractivity contribution in [1.82, 2.24) is 10.2 Å². The molecule has 2 saturated heterocycles. The van der Waals surface area contributed by atoms with Crippen molar-refractivity contribution in [3.63, 3.8) is 0 Å². The first-order chi connectivity index (χ1) is 12.5. The van der Waals surface area contributed by atoms with Crippen molar-refractivity contribution in [3.05, 3.63) is 23.2 Å². The summed E-state index contributed by atoms with van der Waals surface area (Å²) in [5.74, 6) is 4.46. The van der Waals surface area contributed by atoms with E-state index in [0.717, 1.165) is 53.9 Å². The number of urea groups is 1. The molecule has 0 spiro atoms. The van der Waals surface area contributed by atoms with Crippen LogP contribution in [0.4, 0.5) is 16.2 Å². The Morgan fingerprint density at radius 3 is 2.65 bits per heavy atom. The Kier molecular flexibility index (Phi) is 6.88. The number of anilines is 2. The van der Waals surface area contributed by atoms with E-state index in [4.69, 9.17) is 11.6 Å². The molecule has 144 valence electrons. The van der Waals surface area contributed by atoms with Crippen LogP contribution in [0, 0.1) is 0 Å². The first-order valence-electron chi connectivity index (χ1n) is 8.92. The maximum Gasteiger partial charge on any atom is 0.319 e. The van der Waals surface area contributed by atoms with E-state index >= 15 is 0 Å². The van der Waals surface area contributed by atoms with Gasteiger partial charge in [0.1, 0.15) is 0 Å². The number of hydrogen-bond donors (Lipinski definition) is 2. The van der Waals surface area contributed by atoms with Gasteiger partial charge in [-0.25, -0.2) is 4.79 Å². The van der Waals surface area contributed by atoms with Gasteiger partial charge < -0.3 is 20.4 Å². The molecule has 5 nitrogen and oxygen atoms in total. The number of amides is 2. The van der Waals surface area contributed by atoms with Crippen LogP contribution in [0.3, 0.4) is 0 Å². The molecule has 2 aliphatic heterocycles. The van der Waals surface area contributed by atoms with Gasteiger partial charge in [-0.1, -0.05) is 11.6 Å². The molecule has 2 N–H and O–H groups in total. The second-order valence-electron chi connectivity index (χ2n) is 6.99. The summed E-state index contributed by atoms with van der Waals surface area (Å²) in [6.07, 6.45) is 1.10. The topological polar surface area (TPSA) is 47.6 Å². The molecular weight excluding hydrogens is 388 g/mol. The zero-order valence-electron chi connectivity index (χ0n) is 15.4. The van der Waals surface area contributed by atoms with Gasteiger partial charge in [-0.05, 0) is 44.5 Å². The average molecular weight is 415 g/mol. The van der Waals surface area contributed by atoms with Gasteiger partial charge in [0.2, 0.25) is 0 Å². The molecule has 0 bridgehead atoms. The highest BCUT2D eigenvalue weighted by molar-refractivity contribution is 7.99. The predicted molar refractivity (Wildman–Crippen MR) is 116 cm³/mol. The average Bonchev–Trinajstić information content (AvgIpc) is 3.11. The largest absolute Gasteiger partial charge is 0.369 e. The van der Waals surface area contributed by atoms with Gasteiger partial charge in [0, 0.05) is 48.1 Å². The van der Waals surface area contributed by atoms with Gasteiger partial charge >= 0.3 is 6.03 Å². The van der Waals surface area contributed by atoms with Crippen molar-refractivity contribution in [2.45, 2.75) is 12.0 Å². The van der Waals surface area contributed by atoms with E-state index in [9.17, 15) is 4.79 Å². The lowest BCUT2D eigenvalue weighted by Crippen LogP contribution is -2.53. The summed E-state index contributed by atoms with van der Waals surface area (Å²) in [4.78, 5) is 16.9. The van der Waals surface area contributed by atoms with Crippen LogP contribution in [0.1, 0.15) is 6.42 Å². The Morgan fingerprint density at radius 2 is 2.04 bits per heavy atom. The van der Waals surface area contributed by atoms with Gasteiger partial charge in [0.05, 0.1) is 10.7 Å². The van der Waals surface area contributed by atoms with Gasteiger partial charge in [-0.15, -0.1) is 0 Å². The number of likely N-dealkylation sites (N-methyl/N-ethyl adjacent to an activating group) is 1. The van der Waals surface area contributed by atoms with E-state index < -0.39 is 0 Å². The zero-order chi connectivity index (χ0) is 18.6. The summed E-state index contributed by atoms with van der Waals surface area (Å²) in [5.41, 5.74) is 1.82. The van der Waals surface area contributed by atoms with Crippen molar-refractivity contribution in [2.24, 2.45) is 0 Å². The number of thioether (sulfide) groups is 2. The number of nitrogens with zero attached hydrogens (tertiary/aromatic N) is 2. The molecule has 2 aliphatic rings. The van der Waals surface area contributed by atoms with E-state index in [1.807, 2.05) is 41.7 Å². The highest BCUT2D eigenvalue weighted by Gasteiger charge is 2.36. The van der Waals surface area contributed by atoms with Crippen LogP contribution in [0.2, 0.25) is 5.02 Å². The van der Waals surface area contributed by atoms with E-state index in [0.29, 0.717) is 11.6 Å². The monoisotopic (exact) mass is 414 g/mol. The number of halogens is 1. The highest BCUT2D eigenvalue weighted by atomic mass is 35.5. The van der Waals surface area contributed by atoms with Gasteiger partial charge in [-0.3, -0.25) is 0 Å². The van der Waals surface area contributed by atoms with Crippen molar-refractivity contribution in [3.8, 4) is 0 Å². The summed E-state index contributed by atoms with van der Waals surface area (Å²) in [7, 11) is 4.17. The van der Waals surface area contributed by atoms with Crippen LogP contribution >= 0.6 is 35.1 Å². The minimum atomic E-state index is -0.179. The third-order valence-corrected chi connectivity index (χ3v) is 7.65. The van der Waals surface area contributed by atoms with Crippen LogP contribution in [-0.2, 0) is 0 Å². The molecule has 0 saturated carbocycles. The molecule has 1 unspecified atom stereocenters. The Bertz CT molecular complexity index is 632. The number of rotatable bonds is 5. The molecule has 26 heavy (non-hydrogen) atoms. The molecule has 2 amide bonds. The first-order valence-corrected chi connectivity index (χ1v) is 11.6. The number of hydrogen-bond acceptors (Lipinski definition) is 5. The first kappa shape index (κ1) is 20.0. The zero-order valence-corrected chi connectivity index (χ0v) is 17.8. The molecule has 0 aliphatic carbocycles. The van der Waals surface area contributed by atoms with Crippen LogP contribution in [0.25, 0.3) is 0 Å². The quantitative estimate of drug-likeness (QED) is 0.772. The Morgan fingerprint density at radius 1 is 1.27 bits per heavy atom. The molecule has 2 fully saturated rings. The second kappa shape index (κ2) is 8.95. The molecule has 1 atom stereocenters. The smallest absolute Gasteiger partial charge is 0.319 e. The lowest BCUT2D eigenvalue weighted by molar-refractivity contribution is 0.176. The van der Waals surface area contributed by atoms with Gasteiger partial charge in [0.15, 0.2) is 0 Å². The Labute approximate surface area is 169 Å². The third kappa shape index (κ3) is 4.74. The molecule has 1 aromatic rings. The fraction of sp³-hybridized carbons (Fsp3) is 0.611. The van der Waals surface area contributed by atoms with Crippen LogP contribution in [0.5, 0.6) is 0 Å². The van der Waals surface area contributed by atoms with Crippen LogP contribution in [-0.4, -0.2) is 73.2 Å². The Balaban J connectivity index is 1.56. The van der Waals surface area contributed by atoms with Crippen molar-refractivity contribution >= 4 is 52.5 Å². The van der Waals surface area contributed by atoms with Crippen LogP contribution in [0.15, 0.2) is 18.2 Å². The fourth-order valence-electron chi connectivity index (χ4n) is 3.31. The van der Waals surface area contributed by atoms with Gasteiger partial charge in [-0.2, -0.15) is 23.5 Å². The van der Waals surface area contributed by atoms with Crippen LogP contribution < -0.4 is 15.5 Å². The Hall–Kier alpha value is -0.760. The van der Waals surface area contributed by atoms with Crippen molar-refractivity contribution in [2.75, 3.05) is 67.0 Å². The summed E-state index contributed by atoms with van der Waals surface area (Å²) >= 11 is 10.4. The van der Waals surface area contributed by atoms with Gasteiger partial charge in [0.25, 0.3) is 0 Å². The molecular formula is C18H27ClN4OS2. The molecule has 1 aromatic carbocycles. The number of benzene rings is 1. The number of carbonyl (C=O) groups excluding carboxylic acids is 1. The fourth-order valence-corrected chi connectivity index (χ4v) is 6.07. The SMILES string of the molecule is CN(C)C1(CNC(=O)Nc2ccc(N3CCSCC3)c(Cl)c2)CCSC1. The standard InChI is InChI=1S/C18H27ClN4OS2/c1-22(2)18(5-8-26-13-18)12-20-17(24)21-14-3-4-16(15(19)11-14)23-6-9-25-10-7-23/h3-4,11H,5-10,12-13H2,1-2H3,(H2,20,21,24). The molecule has 0 aromatic heterocycles.